The molecular weight excluding hydrogens is 533 g/mol. The van der Waals surface area contributed by atoms with Crippen LogP contribution < -0.4 is 4.74 Å². The Morgan fingerprint density at radius 2 is 1.40 bits per heavy atom. The van der Waals surface area contributed by atoms with E-state index in [1.807, 2.05) is 6.07 Å². The van der Waals surface area contributed by atoms with Crippen molar-refractivity contribution in [2.24, 2.45) is 0 Å². The molecule has 1 unspecified atom stereocenters. The van der Waals surface area contributed by atoms with E-state index in [0.29, 0.717) is 32.2 Å². The first-order valence-electron chi connectivity index (χ1n) is 14.7. The van der Waals surface area contributed by atoms with Gasteiger partial charge in [-0.2, -0.15) is 0 Å². The SMILES string of the molecule is CC(CCCC(=O)O)c1cccc(COc2ccc(CO[Si](C)(C)C(C)(C)C)c(CO[Si](C)(C)C(C)(C)C)c2)c1. The van der Waals surface area contributed by atoms with Crippen LogP contribution in [0.3, 0.4) is 0 Å². The normalized spacial score (nSPS) is 13.8. The molecule has 5 nitrogen and oxygen atoms in total. The Bertz CT molecular complexity index is 1110. The lowest BCUT2D eigenvalue weighted by atomic mass is 9.94. The highest BCUT2D eigenvalue weighted by Gasteiger charge is 2.38. The average molecular weight is 587 g/mol. The maximum absolute atomic E-state index is 10.9. The number of rotatable bonds is 14. The molecule has 2 aromatic carbocycles. The molecule has 0 saturated heterocycles. The Labute approximate surface area is 245 Å². The van der Waals surface area contributed by atoms with Crippen LogP contribution in [0, 0.1) is 0 Å². The van der Waals surface area contributed by atoms with Gasteiger partial charge in [-0.05, 0) is 89.4 Å². The van der Waals surface area contributed by atoms with Crippen LogP contribution in [0.5, 0.6) is 5.75 Å². The van der Waals surface area contributed by atoms with Gasteiger partial charge in [0.2, 0.25) is 0 Å². The predicted octanol–water partition coefficient (Wildman–Crippen LogP) is 9.67. The molecule has 0 heterocycles. The second-order valence-corrected chi connectivity index (χ2v) is 23.9. The molecule has 2 rings (SSSR count). The molecular formula is C33H54O5Si2. The molecule has 0 aliphatic rings. The number of ether oxygens (including phenoxy) is 1. The van der Waals surface area contributed by atoms with Gasteiger partial charge >= 0.3 is 5.97 Å². The van der Waals surface area contributed by atoms with E-state index in [9.17, 15) is 4.79 Å². The molecule has 2 aromatic rings. The quantitative estimate of drug-likeness (QED) is 0.223. The van der Waals surface area contributed by atoms with Gasteiger partial charge in [-0.1, -0.05) is 78.8 Å². The van der Waals surface area contributed by atoms with Crippen LogP contribution in [-0.4, -0.2) is 27.7 Å². The number of hydrogen-bond acceptors (Lipinski definition) is 4. The van der Waals surface area contributed by atoms with Crippen LogP contribution in [-0.2, 0) is 33.5 Å². The first kappa shape index (κ1) is 34.3. The first-order chi connectivity index (χ1) is 18.3. The van der Waals surface area contributed by atoms with Crippen molar-refractivity contribution in [1.82, 2.24) is 0 Å². The lowest BCUT2D eigenvalue weighted by molar-refractivity contribution is -0.137. The van der Waals surface area contributed by atoms with Gasteiger partial charge < -0.3 is 18.7 Å². The zero-order chi connectivity index (χ0) is 30.4. The van der Waals surface area contributed by atoms with Crippen molar-refractivity contribution < 1.29 is 23.5 Å². The Hall–Kier alpha value is -1.94. The van der Waals surface area contributed by atoms with Crippen LogP contribution in [0.15, 0.2) is 42.5 Å². The summed E-state index contributed by atoms with van der Waals surface area (Å²) in [6.45, 7) is 26.5. The zero-order valence-corrected chi connectivity index (χ0v) is 28.9. The Balaban J connectivity index is 2.20. The van der Waals surface area contributed by atoms with Crippen molar-refractivity contribution >= 4 is 22.6 Å². The highest BCUT2D eigenvalue weighted by molar-refractivity contribution is 6.74. The van der Waals surface area contributed by atoms with E-state index >= 15 is 0 Å². The summed E-state index contributed by atoms with van der Waals surface area (Å²) >= 11 is 0. The summed E-state index contributed by atoms with van der Waals surface area (Å²) in [5.41, 5.74) is 4.61. The fraction of sp³-hybridized carbons (Fsp3) is 0.606. The van der Waals surface area contributed by atoms with E-state index in [0.717, 1.165) is 28.9 Å². The molecule has 224 valence electrons. The molecule has 0 bridgehead atoms. The molecule has 7 heteroatoms. The van der Waals surface area contributed by atoms with Crippen LogP contribution in [0.4, 0.5) is 0 Å². The van der Waals surface area contributed by atoms with E-state index in [2.05, 4.69) is 111 Å². The van der Waals surface area contributed by atoms with Crippen LogP contribution in [0.1, 0.15) is 95.9 Å². The highest BCUT2D eigenvalue weighted by atomic mass is 28.4. The number of benzene rings is 2. The van der Waals surface area contributed by atoms with Crippen molar-refractivity contribution in [3.8, 4) is 5.75 Å². The molecule has 0 aliphatic carbocycles. The van der Waals surface area contributed by atoms with Gasteiger partial charge in [0.15, 0.2) is 16.6 Å². The summed E-state index contributed by atoms with van der Waals surface area (Å²) in [4.78, 5) is 10.9. The third-order valence-corrected chi connectivity index (χ3v) is 17.9. The molecule has 0 fully saturated rings. The van der Waals surface area contributed by atoms with Gasteiger partial charge in [-0.15, -0.1) is 0 Å². The van der Waals surface area contributed by atoms with E-state index in [-0.39, 0.29) is 16.5 Å². The topological polar surface area (TPSA) is 65.0 Å². The largest absolute Gasteiger partial charge is 0.489 e. The summed E-state index contributed by atoms with van der Waals surface area (Å²) in [7, 11) is -3.82. The van der Waals surface area contributed by atoms with Crippen LogP contribution >= 0.6 is 0 Å². The number of hydrogen-bond donors (Lipinski definition) is 1. The summed E-state index contributed by atoms with van der Waals surface area (Å²) in [5, 5.41) is 9.22. The van der Waals surface area contributed by atoms with Gasteiger partial charge in [0, 0.05) is 6.42 Å². The molecule has 0 amide bonds. The van der Waals surface area contributed by atoms with Gasteiger partial charge in [0.25, 0.3) is 0 Å². The third-order valence-electron chi connectivity index (χ3n) is 8.92. The third kappa shape index (κ3) is 10.2. The average Bonchev–Trinajstić information content (AvgIpc) is 2.84. The summed E-state index contributed by atoms with van der Waals surface area (Å²) in [5.74, 6) is 0.393. The van der Waals surface area contributed by atoms with E-state index in [1.165, 1.54) is 5.56 Å². The first-order valence-corrected chi connectivity index (χ1v) is 20.5. The second-order valence-electron chi connectivity index (χ2n) is 14.2. The van der Waals surface area contributed by atoms with Crippen molar-refractivity contribution in [3.05, 3.63) is 64.7 Å². The Morgan fingerprint density at radius 3 is 1.95 bits per heavy atom. The van der Waals surface area contributed by atoms with Crippen molar-refractivity contribution in [2.45, 2.75) is 130 Å². The number of carboxylic acids is 1. The minimum absolute atomic E-state index is 0.134. The molecule has 0 aliphatic heterocycles. The Kier molecular flexibility index (Phi) is 11.8. The van der Waals surface area contributed by atoms with E-state index < -0.39 is 22.6 Å². The molecule has 0 saturated carbocycles. The van der Waals surface area contributed by atoms with Crippen molar-refractivity contribution in [3.63, 3.8) is 0 Å². The monoisotopic (exact) mass is 586 g/mol. The smallest absolute Gasteiger partial charge is 0.303 e. The number of carbonyl (C=O) groups is 1. The Morgan fingerprint density at radius 1 is 0.825 bits per heavy atom. The fourth-order valence-corrected chi connectivity index (χ4v) is 5.70. The second kappa shape index (κ2) is 13.8. The summed E-state index contributed by atoms with van der Waals surface area (Å²) in [6.07, 6.45) is 1.75. The van der Waals surface area contributed by atoms with Gasteiger partial charge in [0.05, 0.1) is 13.2 Å². The lowest BCUT2D eigenvalue weighted by Gasteiger charge is -2.37. The summed E-state index contributed by atoms with van der Waals surface area (Å²) < 4.78 is 19.5. The fourth-order valence-electron chi connectivity index (χ4n) is 3.80. The zero-order valence-electron chi connectivity index (χ0n) is 26.9. The molecule has 1 N–H and O–H groups in total. The molecule has 1 atom stereocenters. The minimum Gasteiger partial charge on any atom is -0.489 e. The van der Waals surface area contributed by atoms with Crippen LogP contribution in [0.2, 0.25) is 36.3 Å². The molecule has 0 spiro atoms. The minimum atomic E-state index is -1.93. The van der Waals surface area contributed by atoms with E-state index in [1.54, 1.807) is 0 Å². The maximum atomic E-state index is 10.9. The van der Waals surface area contributed by atoms with Gasteiger partial charge in [-0.25, -0.2) is 0 Å². The van der Waals surface area contributed by atoms with Crippen LogP contribution in [0.25, 0.3) is 0 Å². The van der Waals surface area contributed by atoms with Crippen molar-refractivity contribution in [1.29, 1.82) is 0 Å². The highest BCUT2D eigenvalue weighted by Crippen LogP contribution is 2.39. The lowest BCUT2D eigenvalue weighted by Crippen LogP contribution is -2.41. The maximum Gasteiger partial charge on any atom is 0.303 e. The number of carboxylic acid groups (broad SMARTS) is 1. The molecule has 40 heavy (non-hydrogen) atoms. The van der Waals surface area contributed by atoms with Gasteiger partial charge in [0.1, 0.15) is 12.4 Å². The van der Waals surface area contributed by atoms with Crippen molar-refractivity contribution in [2.75, 3.05) is 0 Å². The standard InChI is InChI=1S/C33H54O5Si2/c1-25(14-12-17-31(34)35)27-16-13-15-26(20-27)22-36-30-19-18-28(23-37-39(8,9)32(2,3)4)29(21-30)24-38-40(10,11)33(5,6)7/h13,15-16,18-21,25H,12,14,17,22-24H2,1-11H3,(H,34,35). The van der Waals surface area contributed by atoms with E-state index in [4.69, 9.17) is 18.7 Å². The predicted molar refractivity (Wildman–Crippen MR) is 171 cm³/mol. The summed E-state index contributed by atoms with van der Waals surface area (Å²) in [6, 6.07) is 14.7. The van der Waals surface area contributed by atoms with Gasteiger partial charge in [-0.3, -0.25) is 4.79 Å². The molecule has 0 aromatic heterocycles. The molecule has 0 radical (unpaired) electrons. The number of aliphatic carboxylic acids is 1.